The Labute approximate surface area is 193 Å². The fraction of sp³-hybridized carbons (Fsp3) is 0.0385. The quantitative estimate of drug-likeness (QED) is 0.169. The van der Waals surface area contributed by atoms with E-state index in [1.807, 2.05) is 42.5 Å². The Kier molecular flexibility index (Phi) is 6.72. The Hall–Kier alpha value is -3.77. The Bertz CT molecular complexity index is 1280. The highest BCUT2D eigenvalue weighted by molar-refractivity contribution is 9.10. The second-order valence-corrected chi connectivity index (χ2v) is 7.99. The third kappa shape index (κ3) is 5.47. The smallest absolute Gasteiger partial charge is 0.343 e. The van der Waals surface area contributed by atoms with Gasteiger partial charge in [-0.05, 0) is 70.4 Å². The molecule has 0 fully saturated rings. The Morgan fingerprint density at radius 1 is 0.875 bits per heavy atom. The topological polar surface area (TPSA) is 67.8 Å². The summed E-state index contributed by atoms with van der Waals surface area (Å²) in [5.74, 6) is -0.202. The number of carbonyl (C=O) groups excluding carboxylic acids is 2. The number of hydrazone groups is 1. The van der Waals surface area contributed by atoms with Crippen molar-refractivity contribution >= 4 is 44.8 Å². The van der Waals surface area contributed by atoms with Crippen LogP contribution in [0.3, 0.4) is 0 Å². The van der Waals surface area contributed by atoms with Crippen molar-refractivity contribution in [3.8, 4) is 5.75 Å². The summed E-state index contributed by atoms with van der Waals surface area (Å²) in [6.07, 6.45) is 1.78. The van der Waals surface area contributed by atoms with Crippen LogP contribution in [0.4, 0.5) is 0 Å². The first-order chi connectivity index (χ1) is 15.6. The summed E-state index contributed by atoms with van der Waals surface area (Å²) in [7, 11) is 0. The molecular formula is C26H19BrN2O3. The highest BCUT2D eigenvalue weighted by Gasteiger charge is 2.08. The molecule has 158 valence electrons. The average molecular weight is 487 g/mol. The molecule has 1 amide bonds. The van der Waals surface area contributed by atoms with E-state index in [1.165, 1.54) is 0 Å². The van der Waals surface area contributed by atoms with Crippen LogP contribution in [0, 0.1) is 0 Å². The van der Waals surface area contributed by atoms with E-state index in [9.17, 15) is 9.59 Å². The van der Waals surface area contributed by atoms with Crippen molar-refractivity contribution in [1.29, 1.82) is 0 Å². The lowest BCUT2D eigenvalue weighted by Crippen LogP contribution is -2.19. The van der Waals surface area contributed by atoms with E-state index in [4.69, 9.17) is 4.74 Å². The van der Waals surface area contributed by atoms with Crippen LogP contribution in [0.15, 0.2) is 101 Å². The number of halogens is 1. The number of rotatable bonds is 6. The molecule has 4 aromatic rings. The highest BCUT2D eigenvalue weighted by atomic mass is 79.9. The number of ether oxygens (including phenoxy) is 1. The van der Waals surface area contributed by atoms with Crippen molar-refractivity contribution in [1.82, 2.24) is 5.43 Å². The van der Waals surface area contributed by atoms with E-state index in [0.29, 0.717) is 11.3 Å². The normalized spacial score (nSPS) is 10.9. The van der Waals surface area contributed by atoms with Crippen LogP contribution in [-0.2, 0) is 11.2 Å². The van der Waals surface area contributed by atoms with Crippen LogP contribution in [0.1, 0.15) is 21.5 Å². The summed E-state index contributed by atoms with van der Waals surface area (Å²) in [4.78, 5) is 24.5. The summed E-state index contributed by atoms with van der Waals surface area (Å²) in [6, 6.07) is 27.7. The maximum atomic E-state index is 12.3. The van der Waals surface area contributed by atoms with Gasteiger partial charge in [0.2, 0.25) is 5.91 Å². The molecule has 5 nitrogen and oxygen atoms in total. The van der Waals surface area contributed by atoms with E-state index >= 15 is 0 Å². The van der Waals surface area contributed by atoms with Crippen molar-refractivity contribution in [2.24, 2.45) is 5.10 Å². The van der Waals surface area contributed by atoms with E-state index in [1.54, 1.807) is 54.7 Å². The minimum atomic E-state index is -0.431. The summed E-state index contributed by atoms with van der Waals surface area (Å²) >= 11 is 3.33. The van der Waals surface area contributed by atoms with E-state index in [-0.39, 0.29) is 12.3 Å². The number of nitrogens with one attached hydrogen (secondary N) is 1. The Balaban J connectivity index is 1.32. The maximum Gasteiger partial charge on any atom is 0.343 e. The largest absolute Gasteiger partial charge is 0.423 e. The van der Waals surface area contributed by atoms with Crippen LogP contribution in [0.5, 0.6) is 5.75 Å². The molecule has 0 unspecified atom stereocenters. The summed E-state index contributed by atoms with van der Waals surface area (Å²) in [5, 5.41) is 6.18. The number of hydrogen-bond donors (Lipinski definition) is 1. The van der Waals surface area contributed by atoms with Crippen molar-refractivity contribution in [3.63, 3.8) is 0 Å². The molecule has 0 aliphatic carbocycles. The van der Waals surface area contributed by atoms with Gasteiger partial charge in [-0.15, -0.1) is 0 Å². The van der Waals surface area contributed by atoms with Crippen LogP contribution in [0.2, 0.25) is 0 Å². The van der Waals surface area contributed by atoms with Gasteiger partial charge >= 0.3 is 5.97 Å². The number of benzene rings is 4. The van der Waals surface area contributed by atoms with Crippen LogP contribution in [0.25, 0.3) is 10.8 Å². The molecule has 0 bridgehead atoms. The van der Waals surface area contributed by atoms with Gasteiger partial charge in [0.05, 0.1) is 18.2 Å². The first kappa shape index (κ1) is 21.5. The molecule has 0 saturated carbocycles. The van der Waals surface area contributed by atoms with Crippen molar-refractivity contribution in [2.45, 2.75) is 6.42 Å². The second kappa shape index (κ2) is 10.0. The number of esters is 1. The zero-order chi connectivity index (χ0) is 22.3. The van der Waals surface area contributed by atoms with Gasteiger partial charge in [0.1, 0.15) is 5.75 Å². The van der Waals surface area contributed by atoms with Crippen LogP contribution in [-0.4, -0.2) is 18.1 Å². The molecule has 32 heavy (non-hydrogen) atoms. The number of hydrogen-bond acceptors (Lipinski definition) is 4. The zero-order valence-corrected chi connectivity index (χ0v) is 18.6. The first-order valence-corrected chi connectivity index (χ1v) is 10.7. The van der Waals surface area contributed by atoms with Crippen molar-refractivity contribution < 1.29 is 14.3 Å². The first-order valence-electron chi connectivity index (χ1n) is 9.95. The number of carbonyl (C=O) groups is 2. The number of amides is 1. The molecule has 0 saturated heterocycles. The fourth-order valence-corrected chi connectivity index (χ4v) is 3.48. The van der Waals surface area contributed by atoms with E-state index in [2.05, 4.69) is 26.5 Å². The van der Waals surface area contributed by atoms with Gasteiger partial charge in [0.25, 0.3) is 0 Å². The zero-order valence-electron chi connectivity index (χ0n) is 17.0. The van der Waals surface area contributed by atoms with Gasteiger partial charge < -0.3 is 4.74 Å². The lowest BCUT2D eigenvalue weighted by molar-refractivity contribution is -0.120. The highest BCUT2D eigenvalue weighted by Crippen LogP contribution is 2.19. The minimum absolute atomic E-state index is 0.197. The van der Waals surface area contributed by atoms with Gasteiger partial charge in [0, 0.05) is 4.47 Å². The van der Waals surface area contributed by atoms with Gasteiger partial charge in [0.15, 0.2) is 0 Å². The molecule has 0 aromatic heterocycles. The molecule has 6 heteroatoms. The van der Waals surface area contributed by atoms with E-state index in [0.717, 1.165) is 26.4 Å². The van der Waals surface area contributed by atoms with Crippen LogP contribution < -0.4 is 10.2 Å². The van der Waals surface area contributed by atoms with Crippen molar-refractivity contribution in [2.75, 3.05) is 0 Å². The predicted molar refractivity (Wildman–Crippen MR) is 129 cm³/mol. The van der Waals surface area contributed by atoms with Crippen molar-refractivity contribution in [3.05, 3.63) is 112 Å². The van der Waals surface area contributed by atoms with Crippen LogP contribution >= 0.6 is 15.9 Å². The standard InChI is InChI=1S/C26H19BrN2O3/c27-22-12-10-20(11-13-22)26(31)32-23-14-8-18(9-15-23)17-28-29-25(30)16-21-6-3-5-19-4-1-2-7-24(19)21/h1-15,17H,16H2,(H,29,30). The number of fused-ring (bicyclic) bond motifs is 1. The summed E-state index contributed by atoms with van der Waals surface area (Å²) in [5.41, 5.74) is 4.74. The molecule has 4 rings (SSSR count). The SMILES string of the molecule is O=C(Cc1cccc2ccccc12)NN=Cc1ccc(OC(=O)c2ccc(Br)cc2)cc1. The van der Waals surface area contributed by atoms with Gasteiger partial charge in [-0.2, -0.15) is 5.10 Å². The lowest BCUT2D eigenvalue weighted by Gasteiger charge is -2.06. The number of nitrogens with zero attached hydrogens (tertiary/aromatic N) is 1. The molecule has 1 N–H and O–H groups in total. The molecule has 4 aromatic carbocycles. The fourth-order valence-electron chi connectivity index (χ4n) is 3.21. The summed E-state index contributed by atoms with van der Waals surface area (Å²) < 4.78 is 6.26. The predicted octanol–water partition coefficient (Wildman–Crippen LogP) is 5.51. The maximum absolute atomic E-state index is 12.3. The van der Waals surface area contributed by atoms with E-state index < -0.39 is 5.97 Å². The lowest BCUT2D eigenvalue weighted by atomic mass is 10.0. The molecule has 0 aliphatic heterocycles. The summed E-state index contributed by atoms with van der Waals surface area (Å²) in [6.45, 7) is 0. The Morgan fingerprint density at radius 3 is 2.38 bits per heavy atom. The average Bonchev–Trinajstić information content (AvgIpc) is 2.81. The Morgan fingerprint density at radius 2 is 1.59 bits per heavy atom. The second-order valence-electron chi connectivity index (χ2n) is 7.07. The molecular weight excluding hydrogens is 468 g/mol. The third-order valence-electron chi connectivity index (χ3n) is 4.80. The minimum Gasteiger partial charge on any atom is -0.423 e. The molecule has 0 aliphatic rings. The monoisotopic (exact) mass is 486 g/mol. The molecule has 0 atom stereocenters. The molecule has 0 radical (unpaired) electrons. The molecule has 0 spiro atoms. The van der Waals surface area contributed by atoms with Gasteiger partial charge in [-0.25, -0.2) is 10.2 Å². The third-order valence-corrected chi connectivity index (χ3v) is 5.33. The van der Waals surface area contributed by atoms with Gasteiger partial charge in [-0.3, -0.25) is 4.79 Å². The molecule has 0 heterocycles. The van der Waals surface area contributed by atoms with Gasteiger partial charge in [-0.1, -0.05) is 58.4 Å².